The highest BCUT2D eigenvalue weighted by molar-refractivity contribution is 5.86. The van der Waals surface area contributed by atoms with Crippen molar-refractivity contribution in [3.8, 4) is 119 Å². The zero-order valence-electron chi connectivity index (χ0n) is 45.1. The Morgan fingerprint density at radius 1 is 0.274 bits per heavy atom. The van der Waals surface area contributed by atoms with Gasteiger partial charge in [0.15, 0.2) is 40.6 Å². The number of hydrogen-bond donors (Lipinski definition) is 0. The molecule has 0 fully saturated rings. The summed E-state index contributed by atoms with van der Waals surface area (Å²) in [5, 5.41) is 9.36. The third-order valence-electron chi connectivity index (χ3n) is 16.3. The lowest BCUT2D eigenvalue weighted by molar-refractivity contribution is 0.755. The third kappa shape index (κ3) is 8.89. The molecule has 2 heterocycles. The Morgan fingerprint density at radius 3 is 0.964 bits per heavy atom. The van der Waals surface area contributed by atoms with Gasteiger partial charge in [-0.15, -0.1) is 0 Å². The molecule has 8 nitrogen and oxygen atoms in total. The predicted molar refractivity (Wildman–Crippen MR) is 333 cm³/mol. The highest BCUT2D eigenvalue weighted by Crippen LogP contribution is 2.57. The summed E-state index contributed by atoms with van der Waals surface area (Å²) in [7, 11) is 0. The fourth-order valence-electron chi connectivity index (χ4n) is 12.2. The van der Waals surface area contributed by atoms with Crippen molar-refractivity contribution in [1.82, 2.24) is 29.9 Å². The summed E-state index contributed by atoms with van der Waals surface area (Å²) in [6.07, 6.45) is 0. The number of hydrogen-bond acceptors (Lipinski definition) is 7. The van der Waals surface area contributed by atoms with E-state index in [9.17, 15) is 5.26 Å². The fourth-order valence-corrected chi connectivity index (χ4v) is 12.2. The van der Waals surface area contributed by atoms with Crippen molar-refractivity contribution in [1.29, 1.82) is 5.26 Å². The van der Waals surface area contributed by atoms with Gasteiger partial charge in [-0.1, -0.05) is 243 Å². The molecule has 3 aliphatic rings. The number of benzene rings is 11. The standard InChI is InChI=1S/C76H46N8/c1-78-58-40-36-51(37-41-58)50-30-34-55(35-31-50)74-80-72(53-16-6-3-7-17-53)82-76(84-74)66-23-13-9-19-60(66)57-39-43-64-68(45-57)70-62-21-11-10-20-61(62)69(64)67-44-56(38-42-63(67)70)59-18-8-12-22-65(59)75-81-71(52-14-4-2-5-15-52)79-73(83-75)54-32-28-49(29-33-54)48-26-24-47(46-77)25-27-48/h2-45,69-70H. The van der Waals surface area contributed by atoms with Crippen LogP contribution in [0.15, 0.2) is 267 Å². The molecule has 0 saturated carbocycles. The second kappa shape index (κ2) is 20.8. The van der Waals surface area contributed by atoms with Gasteiger partial charge in [-0.25, -0.2) is 34.7 Å². The van der Waals surface area contributed by atoms with E-state index in [-0.39, 0.29) is 11.8 Å². The van der Waals surface area contributed by atoms with Crippen LogP contribution in [0.2, 0.25) is 0 Å². The molecule has 84 heavy (non-hydrogen) atoms. The van der Waals surface area contributed by atoms with E-state index in [4.69, 9.17) is 36.5 Å². The molecule has 11 aromatic carbocycles. The zero-order valence-corrected chi connectivity index (χ0v) is 45.1. The maximum absolute atomic E-state index is 9.36. The van der Waals surface area contributed by atoms with Gasteiger partial charge in [0.25, 0.3) is 0 Å². The molecule has 3 aliphatic carbocycles. The Hall–Kier alpha value is -11.6. The summed E-state index contributed by atoms with van der Waals surface area (Å²) in [6, 6.07) is 94.1. The summed E-state index contributed by atoms with van der Waals surface area (Å²) in [5.41, 5.74) is 22.9. The summed E-state index contributed by atoms with van der Waals surface area (Å²) < 4.78 is 0. The van der Waals surface area contributed by atoms with Gasteiger partial charge < -0.3 is 0 Å². The Morgan fingerprint density at radius 2 is 0.571 bits per heavy atom. The molecule has 0 radical (unpaired) electrons. The lowest BCUT2D eigenvalue weighted by atomic mass is 9.60. The lowest BCUT2D eigenvalue weighted by Crippen LogP contribution is -2.27. The van der Waals surface area contributed by atoms with Crippen LogP contribution in [0.5, 0.6) is 0 Å². The largest absolute Gasteiger partial charge is 0.238 e. The van der Waals surface area contributed by atoms with Gasteiger partial charge in [0.05, 0.1) is 18.2 Å². The molecule has 8 heteroatoms. The van der Waals surface area contributed by atoms with Gasteiger partial charge in [-0.2, -0.15) is 5.26 Å². The minimum atomic E-state index is 0.0114. The molecular formula is C76H46N8. The van der Waals surface area contributed by atoms with Crippen molar-refractivity contribution >= 4 is 5.69 Å². The molecule has 0 amide bonds. The molecule has 390 valence electrons. The van der Waals surface area contributed by atoms with Crippen molar-refractivity contribution in [3.63, 3.8) is 0 Å². The summed E-state index contributed by atoms with van der Waals surface area (Å²) in [5.74, 6) is 3.56. The van der Waals surface area contributed by atoms with Crippen LogP contribution in [0, 0.1) is 17.9 Å². The van der Waals surface area contributed by atoms with Crippen LogP contribution in [-0.4, -0.2) is 29.9 Å². The molecule has 0 spiro atoms. The summed E-state index contributed by atoms with van der Waals surface area (Å²) in [6.45, 7) is 7.38. The second-order valence-corrected chi connectivity index (χ2v) is 21.1. The Labute approximate surface area is 486 Å². The average Bonchev–Trinajstić information content (AvgIpc) is 0.975. The van der Waals surface area contributed by atoms with Crippen molar-refractivity contribution in [2.45, 2.75) is 11.8 Å². The predicted octanol–water partition coefficient (Wildman–Crippen LogP) is 18.1. The lowest BCUT2D eigenvalue weighted by Gasteiger charge is -2.42. The van der Waals surface area contributed by atoms with E-state index in [2.05, 4.69) is 169 Å². The minimum Gasteiger partial charge on any atom is -0.238 e. The number of nitriles is 1. The van der Waals surface area contributed by atoms with Gasteiger partial charge >= 0.3 is 0 Å². The van der Waals surface area contributed by atoms with Crippen molar-refractivity contribution in [2.75, 3.05) is 0 Å². The van der Waals surface area contributed by atoms with E-state index >= 15 is 0 Å². The molecular weight excluding hydrogens is 1020 g/mol. The normalized spacial score (nSPS) is 13.5. The number of rotatable bonds is 10. The van der Waals surface area contributed by atoms with Crippen LogP contribution in [0.3, 0.4) is 0 Å². The smallest absolute Gasteiger partial charge is 0.187 e. The fraction of sp³-hybridized carbons (Fsp3) is 0.0263. The molecule has 0 aliphatic heterocycles. The molecule has 2 unspecified atom stereocenters. The van der Waals surface area contributed by atoms with Crippen molar-refractivity contribution < 1.29 is 0 Å². The van der Waals surface area contributed by atoms with Gasteiger partial charge in [0, 0.05) is 45.2 Å². The van der Waals surface area contributed by atoms with Crippen LogP contribution in [0.25, 0.3) is 118 Å². The first-order valence-corrected chi connectivity index (χ1v) is 27.9. The molecule has 13 aromatic rings. The minimum absolute atomic E-state index is 0.0114. The van der Waals surface area contributed by atoms with E-state index in [0.29, 0.717) is 46.2 Å². The maximum Gasteiger partial charge on any atom is 0.187 e. The van der Waals surface area contributed by atoms with Crippen molar-refractivity contribution in [2.24, 2.45) is 0 Å². The van der Waals surface area contributed by atoms with E-state index in [1.165, 1.54) is 33.4 Å². The Balaban J connectivity index is 0.796. The Bertz CT molecular complexity index is 4470. The molecule has 0 N–H and O–H groups in total. The van der Waals surface area contributed by atoms with Crippen LogP contribution >= 0.6 is 0 Å². The summed E-state index contributed by atoms with van der Waals surface area (Å²) >= 11 is 0. The van der Waals surface area contributed by atoms with Crippen LogP contribution in [0.4, 0.5) is 5.69 Å². The van der Waals surface area contributed by atoms with Gasteiger partial charge in [-0.05, 0) is 102 Å². The van der Waals surface area contributed by atoms with Gasteiger partial charge in [0.2, 0.25) is 0 Å². The summed E-state index contributed by atoms with van der Waals surface area (Å²) in [4.78, 5) is 34.6. The second-order valence-electron chi connectivity index (χ2n) is 21.1. The quantitative estimate of drug-likeness (QED) is 0.126. The SMILES string of the molecule is [C-]#[N+]c1ccc(-c2ccc(-c3nc(-c4ccccc4)nc(-c4ccccc4-c4ccc5c(c4)C4c6ccccc6C5c5cc(-c6ccccc6-c6nc(-c7ccccc7)nc(-c7ccc(-c8ccc(C#N)cc8)cc7)n6)ccc54)n3)cc2)cc1. The monoisotopic (exact) mass is 1070 g/mol. The van der Waals surface area contributed by atoms with Crippen LogP contribution in [-0.2, 0) is 0 Å². The molecule has 2 bridgehead atoms. The number of nitrogens with zero attached hydrogens (tertiary/aromatic N) is 8. The third-order valence-corrected chi connectivity index (χ3v) is 16.3. The topological polar surface area (TPSA) is 105 Å². The molecule has 2 atom stereocenters. The first-order valence-electron chi connectivity index (χ1n) is 27.9. The maximum atomic E-state index is 9.36. The van der Waals surface area contributed by atoms with E-state index < -0.39 is 0 Å². The zero-order chi connectivity index (χ0) is 56.1. The van der Waals surface area contributed by atoms with Gasteiger partial charge in [0.1, 0.15) is 0 Å². The Kier molecular flexibility index (Phi) is 12.3. The average molecular weight is 1070 g/mol. The molecule has 2 aromatic heterocycles. The highest BCUT2D eigenvalue weighted by atomic mass is 15.0. The van der Waals surface area contributed by atoms with Gasteiger partial charge in [-0.3, -0.25) is 0 Å². The van der Waals surface area contributed by atoms with Crippen molar-refractivity contribution in [3.05, 3.63) is 317 Å². The highest BCUT2D eigenvalue weighted by Gasteiger charge is 2.41. The molecule has 0 saturated heterocycles. The van der Waals surface area contributed by atoms with E-state index in [0.717, 1.165) is 77.9 Å². The van der Waals surface area contributed by atoms with E-state index in [1.54, 1.807) is 0 Å². The first-order chi connectivity index (χ1) is 41.5. The molecule has 16 rings (SSSR count). The van der Waals surface area contributed by atoms with Crippen LogP contribution in [0.1, 0.15) is 50.8 Å². The number of aromatic nitrogens is 6. The first kappa shape index (κ1) is 49.5. The van der Waals surface area contributed by atoms with Crippen LogP contribution < -0.4 is 0 Å². The van der Waals surface area contributed by atoms with E-state index in [1.807, 2.05) is 109 Å².